The summed E-state index contributed by atoms with van der Waals surface area (Å²) in [5, 5.41) is 3.09. The highest BCUT2D eigenvalue weighted by atomic mass is 19.1. The van der Waals surface area contributed by atoms with Crippen molar-refractivity contribution in [2.75, 3.05) is 63.1 Å². The molecule has 0 atom stereocenters. The minimum absolute atomic E-state index is 0.136. The number of likely N-dealkylation sites (N-methyl/N-ethyl adjacent to an activating group) is 1. The van der Waals surface area contributed by atoms with E-state index in [2.05, 4.69) is 37.1 Å². The number of piperazine rings is 1. The zero-order valence-corrected chi connectivity index (χ0v) is 25.1. The summed E-state index contributed by atoms with van der Waals surface area (Å²) in [6.45, 7) is 10.9. The fourth-order valence-electron chi connectivity index (χ4n) is 5.45. The molecule has 2 aromatic heterocycles. The molecular formula is C31H38FN7O4. The van der Waals surface area contributed by atoms with E-state index in [0.29, 0.717) is 55.4 Å². The summed E-state index contributed by atoms with van der Waals surface area (Å²) in [5.41, 5.74) is 0.597. The molecule has 3 aliphatic rings. The number of anilines is 3. The van der Waals surface area contributed by atoms with E-state index in [1.165, 1.54) is 0 Å². The summed E-state index contributed by atoms with van der Waals surface area (Å²) in [4.78, 5) is 31.9. The van der Waals surface area contributed by atoms with Crippen LogP contribution in [0.4, 0.5) is 26.6 Å². The van der Waals surface area contributed by atoms with Crippen LogP contribution in [0.3, 0.4) is 0 Å². The highest BCUT2D eigenvalue weighted by molar-refractivity contribution is 5.68. The lowest BCUT2D eigenvalue weighted by Crippen LogP contribution is -2.54. The maximum Gasteiger partial charge on any atom is 0.410 e. The molecule has 2 saturated heterocycles. The third-order valence-electron chi connectivity index (χ3n) is 7.96. The molecule has 0 saturated carbocycles. The van der Waals surface area contributed by atoms with Crippen molar-refractivity contribution in [1.29, 1.82) is 0 Å². The van der Waals surface area contributed by atoms with Crippen LogP contribution in [0.5, 0.6) is 11.5 Å². The van der Waals surface area contributed by atoms with Gasteiger partial charge in [-0.1, -0.05) is 0 Å². The number of ether oxygens (including phenoxy) is 3. The van der Waals surface area contributed by atoms with Crippen LogP contribution >= 0.6 is 0 Å². The van der Waals surface area contributed by atoms with Gasteiger partial charge in [0, 0.05) is 57.7 Å². The minimum atomic E-state index is -0.580. The van der Waals surface area contributed by atoms with Gasteiger partial charge in [-0.05, 0) is 58.2 Å². The fourth-order valence-corrected chi connectivity index (χ4v) is 5.45. The number of fused-ring (bicyclic) bond motifs is 1. The van der Waals surface area contributed by atoms with E-state index < -0.39 is 17.0 Å². The predicted octanol–water partition coefficient (Wildman–Crippen LogP) is 4.71. The molecule has 3 aliphatic heterocycles. The normalized spacial score (nSPS) is 18.4. The van der Waals surface area contributed by atoms with Gasteiger partial charge >= 0.3 is 6.09 Å². The zero-order valence-electron chi connectivity index (χ0n) is 25.1. The standard InChI is InChI=1S/C31H38FN7O4/c1-30(2,3)43-29(40)39-11-9-31(10-12-39)20-41-24-7-5-21(17-25(24)42-31)27-23(32)19-34-28(36-27)35-26-8-6-22(18-33-26)38-15-13-37(4)14-16-38/h5-8,17-19H,9-16,20H2,1-4H3,(H,33,34,35,36). The molecule has 0 radical (unpaired) electrons. The highest BCUT2D eigenvalue weighted by Gasteiger charge is 2.42. The average Bonchev–Trinajstić information content (AvgIpc) is 2.98. The second-order valence-electron chi connectivity index (χ2n) is 12.4. The number of benzene rings is 1. The van der Waals surface area contributed by atoms with E-state index in [9.17, 15) is 9.18 Å². The molecule has 6 rings (SSSR count). The molecular weight excluding hydrogens is 553 g/mol. The van der Waals surface area contributed by atoms with E-state index in [0.717, 1.165) is 38.1 Å². The lowest BCUT2D eigenvalue weighted by Gasteiger charge is -2.44. The number of amides is 1. The molecule has 0 bridgehead atoms. The van der Waals surface area contributed by atoms with Crippen molar-refractivity contribution in [3.05, 3.63) is 48.5 Å². The molecule has 1 N–H and O–H groups in total. The topological polar surface area (TPSA) is 105 Å². The third-order valence-corrected chi connectivity index (χ3v) is 7.96. The van der Waals surface area contributed by atoms with Crippen LogP contribution in [-0.4, -0.2) is 95.0 Å². The second kappa shape index (κ2) is 11.5. The second-order valence-corrected chi connectivity index (χ2v) is 12.4. The first-order chi connectivity index (χ1) is 20.6. The third kappa shape index (κ3) is 6.58. The zero-order chi connectivity index (χ0) is 30.2. The van der Waals surface area contributed by atoms with Gasteiger partial charge in [0.05, 0.1) is 18.1 Å². The Balaban J connectivity index is 1.14. The summed E-state index contributed by atoms with van der Waals surface area (Å²) in [6, 6.07) is 9.15. The molecule has 1 spiro atoms. The lowest BCUT2D eigenvalue weighted by molar-refractivity contribution is -0.0558. The Morgan fingerprint density at radius 3 is 2.47 bits per heavy atom. The van der Waals surface area contributed by atoms with Gasteiger partial charge in [-0.2, -0.15) is 0 Å². The first-order valence-electron chi connectivity index (χ1n) is 14.7. The van der Waals surface area contributed by atoms with Crippen LogP contribution in [0.1, 0.15) is 33.6 Å². The van der Waals surface area contributed by atoms with Crippen molar-refractivity contribution in [3.8, 4) is 22.8 Å². The number of nitrogens with zero attached hydrogens (tertiary/aromatic N) is 6. The number of piperidine rings is 1. The van der Waals surface area contributed by atoms with Gasteiger partial charge in [0.25, 0.3) is 0 Å². The Morgan fingerprint density at radius 1 is 1.00 bits per heavy atom. The molecule has 0 unspecified atom stereocenters. The van der Waals surface area contributed by atoms with Gasteiger partial charge in [-0.25, -0.2) is 24.1 Å². The largest absolute Gasteiger partial charge is 0.486 e. The van der Waals surface area contributed by atoms with Crippen molar-refractivity contribution >= 4 is 23.5 Å². The van der Waals surface area contributed by atoms with Crippen molar-refractivity contribution in [1.82, 2.24) is 24.8 Å². The van der Waals surface area contributed by atoms with Crippen LogP contribution < -0.4 is 19.7 Å². The van der Waals surface area contributed by atoms with Crippen molar-refractivity contribution < 1.29 is 23.4 Å². The molecule has 0 aliphatic carbocycles. The van der Waals surface area contributed by atoms with Crippen LogP contribution in [0.25, 0.3) is 11.3 Å². The Morgan fingerprint density at radius 2 is 1.77 bits per heavy atom. The van der Waals surface area contributed by atoms with E-state index in [1.54, 1.807) is 23.1 Å². The van der Waals surface area contributed by atoms with Gasteiger partial charge in [0.15, 0.2) is 17.3 Å². The molecule has 2 fully saturated rings. The molecule has 43 heavy (non-hydrogen) atoms. The van der Waals surface area contributed by atoms with E-state index in [1.807, 2.05) is 39.1 Å². The first-order valence-corrected chi connectivity index (χ1v) is 14.7. The number of halogens is 1. The van der Waals surface area contributed by atoms with Crippen molar-refractivity contribution in [2.24, 2.45) is 0 Å². The molecule has 1 amide bonds. The molecule has 5 heterocycles. The number of aromatic nitrogens is 3. The fraction of sp³-hybridized carbons (Fsp3) is 0.484. The quantitative estimate of drug-likeness (QED) is 0.459. The number of rotatable bonds is 4. The number of nitrogens with one attached hydrogen (secondary N) is 1. The number of likely N-dealkylation sites (tertiary alicyclic amines) is 1. The van der Waals surface area contributed by atoms with Gasteiger partial charge in [-0.3, -0.25) is 0 Å². The Hall–Kier alpha value is -4.19. The summed E-state index contributed by atoms with van der Waals surface area (Å²) in [5.74, 6) is 1.35. The van der Waals surface area contributed by atoms with E-state index >= 15 is 0 Å². The molecule has 1 aromatic carbocycles. The molecule has 228 valence electrons. The lowest BCUT2D eigenvalue weighted by atomic mass is 9.91. The number of pyridine rings is 1. The number of carbonyl (C=O) groups is 1. The highest BCUT2D eigenvalue weighted by Crippen LogP contribution is 2.42. The van der Waals surface area contributed by atoms with Crippen LogP contribution in [0.15, 0.2) is 42.7 Å². The monoisotopic (exact) mass is 591 g/mol. The summed E-state index contributed by atoms with van der Waals surface area (Å²) in [6.07, 6.45) is 3.83. The Bertz CT molecular complexity index is 1460. The maximum absolute atomic E-state index is 15.0. The van der Waals surface area contributed by atoms with E-state index in [4.69, 9.17) is 14.2 Å². The molecule has 3 aromatic rings. The average molecular weight is 592 g/mol. The van der Waals surface area contributed by atoms with Gasteiger partial charge < -0.3 is 34.2 Å². The number of carbonyl (C=O) groups excluding carboxylic acids is 1. The van der Waals surface area contributed by atoms with Crippen molar-refractivity contribution in [3.63, 3.8) is 0 Å². The van der Waals surface area contributed by atoms with Crippen LogP contribution in [0, 0.1) is 5.82 Å². The summed E-state index contributed by atoms with van der Waals surface area (Å²) >= 11 is 0. The number of hydrogen-bond donors (Lipinski definition) is 1. The first kappa shape index (κ1) is 28.9. The minimum Gasteiger partial charge on any atom is -0.486 e. The maximum atomic E-state index is 15.0. The van der Waals surface area contributed by atoms with E-state index in [-0.39, 0.29) is 17.7 Å². The SMILES string of the molecule is CN1CCN(c2ccc(Nc3ncc(F)c(-c4ccc5c(c4)OC4(CCN(C(=O)OC(C)(C)C)CC4)CO5)n3)nc2)CC1. The van der Waals surface area contributed by atoms with Gasteiger partial charge in [0.2, 0.25) is 5.95 Å². The predicted molar refractivity (Wildman–Crippen MR) is 161 cm³/mol. The summed E-state index contributed by atoms with van der Waals surface area (Å²) in [7, 11) is 2.13. The summed E-state index contributed by atoms with van der Waals surface area (Å²) < 4.78 is 33.1. The van der Waals surface area contributed by atoms with Crippen LogP contribution in [-0.2, 0) is 4.74 Å². The number of hydrogen-bond acceptors (Lipinski definition) is 10. The molecule has 12 heteroatoms. The molecule has 11 nitrogen and oxygen atoms in total. The van der Waals surface area contributed by atoms with Crippen molar-refractivity contribution in [2.45, 2.75) is 44.8 Å². The Labute approximate surface area is 251 Å². The van der Waals surface area contributed by atoms with Crippen LogP contribution in [0.2, 0.25) is 0 Å². The van der Waals surface area contributed by atoms with Gasteiger partial charge in [0.1, 0.15) is 29.3 Å². The van der Waals surface area contributed by atoms with Gasteiger partial charge in [-0.15, -0.1) is 0 Å². The smallest absolute Gasteiger partial charge is 0.410 e. The Kier molecular flexibility index (Phi) is 7.72.